The first-order valence-electron chi connectivity index (χ1n) is 4.97. The van der Waals surface area contributed by atoms with E-state index in [1.807, 2.05) is 12.1 Å². The van der Waals surface area contributed by atoms with Gasteiger partial charge in [0, 0.05) is 10.0 Å². The largest absolute Gasteiger partial charge is 0.334 e. The van der Waals surface area contributed by atoms with E-state index < -0.39 is 0 Å². The molecule has 0 aliphatic heterocycles. The molecule has 0 fully saturated rings. The molecular weight excluding hydrogens is 339 g/mol. The molecule has 0 aliphatic rings. The van der Waals surface area contributed by atoms with Crippen molar-refractivity contribution >= 4 is 50.3 Å². The predicted molar refractivity (Wildman–Crippen MR) is 74.8 cm³/mol. The van der Waals surface area contributed by atoms with Crippen LogP contribution in [0.15, 0.2) is 29.0 Å². The molecule has 1 aromatic carbocycles. The first-order valence-corrected chi connectivity index (χ1v) is 6.51. The van der Waals surface area contributed by atoms with Gasteiger partial charge in [-0.3, -0.25) is 0 Å². The summed E-state index contributed by atoms with van der Waals surface area (Å²) in [6.45, 7) is 0. The molecule has 0 spiro atoms. The maximum Gasteiger partial charge on any atom is 0.182 e. The molecule has 2 heterocycles. The quantitative estimate of drug-likeness (QED) is 0.677. The molecule has 0 radical (unpaired) electrons. The SMILES string of the molecule is Clc1cc(Br)ccc1-c1nc2ncnc(Cl)c2[nH]1. The highest BCUT2D eigenvalue weighted by molar-refractivity contribution is 9.10. The fourth-order valence-corrected chi connectivity index (χ4v) is 2.55. The van der Waals surface area contributed by atoms with Gasteiger partial charge in [-0.15, -0.1) is 0 Å². The van der Waals surface area contributed by atoms with Gasteiger partial charge < -0.3 is 4.98 Å². The summed E-state index contributed by atoms with van der Waals surface area (Å²) >= 11 is 15.5. The van der Waals surface area contributed by atoms with Gasteiger partial charge >= 0.3 is 0 Å². The van der Waals surface area contributed by atoms with Gasteiger partial charge in [0.15, 0.2) is 10.8 Å². The van der Waals surface area contributed by atoms with Crippen molar-refractivity contribution in [2.24, 2.45) is 0 Å². The molecule has 1 N–H and O–H groups in total. The summed E-state index contributed by atoms with van der Waals surface area (Å²) in [5, 5.41) is 0.930. The van der Waals surface area contributed by atoms with E-state index in [1.54, 1.807) is 6.07 Å². The Morgan fingerprint density at radius 2 is 2.00 bits per heavy atom. The zero-order valence-corrected chi connectivity index (χ0v) is 11.9. The van der Waals surface area contributed by atoms with Gasteiger partial charge in [-0.25, -0.2) is 15.0 Å². The molecule has 18 heavy (non-hydrogen) atoms. The molecule has 90 valence electrons. The minimum atomic E-state index is 0.340. The highest BCUT2D eigenvalue weighted by Crippen LogP contribution is 2.30. The number of nitrogens with one attached hydrogen (secondary N) is 1. The molecule has 2 aromatic heterocycles. The molecule has 3 rings (SSSR count). The lowest BCUT2D eigenvalue weighted by Crippen LogP contribution is -1.82. The Morgan fingerprint density at radius 1 is 1.17 bits per heavy atom. The molecule has 0 saturated carbocycles. The maximum absolute atomic E-state index is 6.17. The summed E-state index contributed by atoms with van der Waals surface area (Å²) in [7, 11) is 0. The highest BCUT2D eigenvalue weighted by atomic mass is 79.9. The Bertz CT molecular complexity index is 741. The number of H-pyrrole nitrogens is 1. The summed E-state index contributed by atoms with van der Waals surface area (Å²) in [6.07, 6.45) is 1.37. The number of hydrogen-bond donors (Lipinski definition) is 1. The van der Waals surface area contributed by atoms with Gasteiger partial charge in [-0.05, 0) is 18.2 Å². The van der Waals surface area contributed by atoms with Crippen molar-refractivity contribution in [2.75, 3.05) is 0 Å². The molecule has 0 saturated heterocycles. The van der Waals surface area contributed by atoms with Gasteiger partial charge in [-0.2, -0.15) is 0 Å². The second-order valence-corrected chi connectivity index (χ2v) is 5.25. The molecule has 0 aliphatic carbocycles. The Balaban J connectivity index is 2.23. The van der Waals surface area contributed by atoms with Gasteiger partial charge in [-0.1, -0.05) is 39.1 Å². The second-order valence-electron chi connectivity index (χ2n) is 3.57. The van der Waals surface area contributed by atoms with E-state index in [4.69, 9.17) is 23.2 Å². The molecule has 4 nitrogen and oxygen atoms in total. The maximum atomic E-state index is 6.17. The second kappa shape index (κ2) is 4.50. The summed E-state index contributed by atoms with van der Waals surface area (Å²) in [5.74, 6) is 0.616. The fraction of sp³-hybridized carbons (Fsp3) is 0. The van der Waals surface area contributed by atoms with Crippen LogP contribution in [0.2, 0.25) is 10.2 Å². The number of fused-ring (bicyclic) bond motifs is 1. The Morgan fingerprint density at radius 3 is 2.72 bits per heavy atom. The van der Waals surface area contributed by atoms with E-state index in [1.165, 1.54) is 6.33 Å². The Kier molecular flexibility index (Phi) is 2.97. The number of rotatable bonds is 1. The van der Waals surface area contributed by atoms with Crippen molar-refractivity contribution < 1.29 is 0 Å². The molecule has 7 heteroatoms. The van der Waals surface area contributed by atoms with Crippen LogP contribution in [0.25, 0.3) is 22.6 Å². The van der Waals surface area contributed by atoms with E-state index in [0.717, 1.165) is 10.0 Å². The Hall–Kier alpha value is -1.17. The lowest BCUT2D eigenvalue weighted by atomic mass is 10.2. The van der Waals surface area contributed by atoms with Gasteiger partial charge in [0.2, 0.25) is 0 Å². The summed E-state index contributed by atoms with van der Waals surface area (Å²) in [6, 6.07) is 5.56. The van der Waals surface area contributed by atoms with Gasteiger partial charge in [0.25, 0.3) is 0 Å². The van der Waals surface area contributed by atoms with Crippen LogP contribution in [0.4, 0.5) is 0 Å². The topological polar surface area (TPSA) is 54.5 Å². The molecule has 3 aromatic rings. The van der Waals surface area contributed by atoms with Crippen molar-refractivity contribution in [3.05, 3.63) is 39.2 Å². The number of benzene rings is 1. The van der Waals surface area contributed by atoms with Crippen LogP contribution < -0.4 is 0 Å². The Labute approximate surface area is 121 Å². The molecule has 0 amide bonds. The minimum absolute atomic E-state index is 0.340. The van der Waals surface area contributed by atoms with Gasteiger partial charge in [0.05, 0.1) is 5.02 Å². The van der Waals surface area contributed by atoms with Crippen LogP contribution in [0.5, 0.6) is 0 Å². The van der Waals surface area contributed by atoms with Crippen LogP contribution in [0.1, 0.15) is 0 Å². The van der Waals surface area contributed by atoms with Gasteiger partial charge in [0.1, 0.15) is 17.7 Å². The van der Waals surface area contributed by atoms with E-state index in [-0.39, 0.29) is 0 Å². The highest BCUT2D eigenvalue weighted by Gasteiger charge is 2.12. The van der Waals surface area contributed by atoms with Crippen LogP contribution in [0.3, 0.4) is 0 Å². The minimum Gasteiger partial charge on any atom is -0.334 e. The first kappa shape index (κ1) is 11.9. The van der Waals surface area contributed by atoms with Crippen molar-refractivity contribution in [3.63, 3.8) is 0 Å². The zero-order chi connectivity index (χ0) is 12.7. The third-order valence-corrected chi connectivity index (χ3v) is 3.52. The predicted octanol–water partition coefficient (Wildman–Crippen LogP) is 4.09. The third kappa shape index (κ3) is 1.98. The summed E-state index contributed by atoms with van der Waals surface area (Å²) < 4.78 is 0.908. The molecule has 0 unspecified atom stereocenters. The normalized spacial score (nSPS) is 11.1. The number of hydrogen-bond acceptors (Lipinski definition) is 3. The summed E-state index contributed by atoms with van der Waals surface area (Å²) in [5.41, 5.74) is 1.91. The number of halogens is 3. The number of aromatic nitrogens is 4. The number of imidazole rings is 1. The third-order valence-electron chi connectivity index (χ3n) is 2.43. The van der Waals surface area contributed by atoms with Crippen molar-refractivity contribution in [2.45, 2.75) is 0 Å². The number of aromatic amines is 1. The van der Waals surface area contributed by atoms with E-state index >= 15 is 0 Å². The van der Waals surface area contributed by atoms with E-state index in [2.05, 4.69) is 35.9 Å². The summed E-state index contributed by atoms with van der Waals surface area (Å²) in [4.78, 5) is 15.4. The lowest BCUT2D eigenvalue weighted by Gasteiger charge is -2.00. The van der Waals surface area contributed by atoms with Crippen molar-refractivity contribution in [1.82, 2.24) is 19.9 Å². The molecule has 0 bridgehead atoms. The van der Waals surface area contributed by atoms with E-state index in [9.17, 15) is 0 Å². The average Bonchev–Trinajstić information content (AvgIpc) is 2.74. The standard InChI is InChI=1S/C11H5BrCl2N4/c12-5-1-2-6(7(13)3-5)10-17-8-9(14)15-4-16-11(8)18-10/h1-4H,(H,15,16,17,18). The van der Waals surface area contributed by atoms with Crippen LogP contribution >= 0.6 is 39.1 Å². The molecular formula is C11H5BrCl2N4. The van der Waals surface area contributed by atoms with Crippen LogP contribution in [-0.4, -0.2) is 19.9 Å². The number of nitrogens with zero attached hydrogens (tertiary/aromatic N) is 3. The van der Waals surface area contributed by atoms with Crippen molar-refractivity contribution in [3.8, 4) is 11.4 Å². The smallest absolute Gasteiger partial charge is 0.182 e. The van der Waals surface area contributed by atoms with E-state index in [0.29, 0.717) is 27.2 Å². The monoisotopic (exact) mass is 342 g/mol. The zero-order valence-electron chi connectivity index (χ0n) is 8.78. The average molecular weight is 344 g/mol. The lowest BCUT2D eigenvalue weighted by molar-refractivity contribution is 1.20. The van der Waals surface area contributed by atoms with Crippen LogP contribution in [-0.2, 0) is 0 Å². The first-order chi connectivity index (χ1) is 8.65. The van der Waals surface area contributed by atoms with Crippen LogP contribution in [0, 0.1) is 0 Å². The molecule has 0 atom stereocenters. The fourth-order valence-electron chi connectivity index (χ4n) is 1.61. The van der Waals surface area contributed by atoms with Crippen molar-refractivity contribution in [1.29, 1.82) is 0 Å².